The second-order valence-corrected chi connectivity index (χ2v) is 7.33. The van der Waals surface area contributed by atoms with Gasteiger partial charge in [-0.3, -0.25) is 14.2 Å². The largest absolute Gasteiger partial charge is 0.394 e. The lowest BCUT2D eigenvalue weighted by atomic mass is 9.86. The number of hydrogen-bond donors (Lipinski definition) is 1. The van der Waals surface area contributed by atoms with Crippen LogP contribution in [0.4, 0.5) is 0 Å². The summed E-state index contributed by atoms with van der Waals surface area (Å²) in [7, 11) is 1.67. The Kier molecular flexibility index (Phi) is 5.15. The summed E-state index contributed by atoms with van der Waals surface area (Å²) in [6.07, 6.45) is 0. The lowest BCUT2D eigenvalue weighted by Gasteiger charge is -2.36. The summed E-state index contributed by atoms with van der Waals surface area (Å²) >= 11 is 1.16. The van der Waals surface area contributed by atoms with E-state index in [1.165, 1.54) is 4.57 Å². The number of amides is 1. The van der Waals surface area contributed by atoms with Crippen LogP contribution in [0.3, 0.4) is 0 Å². The van der Waals surface area contributed by atoms with Crippen LogP contribution in [0.2, 0.25) is 0 Å². The van der Waals surface area contributed by atoms with Crippen molar-refractivity contribution in [1.29, 1.82) is 0 Å². The molecule has 1 N–H and O–H groups in total. The van der Waals surface area contributed by atoms with Crippen LogP contribution in [0.5, 0.6) is 0 Å². The fourth-order valence-corrected chi connectivity index (χ4v) is 3.00. The summed E-state index contributed by atoms with van der Waals surface area (Å²) in [5, 5.41) is 9.50. The minimum atomic E-state index is -0.272. The van der Waals surface area contributed by atoms with E-state index < -0.39 is 0 Å². The van der Waals surface area contributed by atoms with Gasteiger partial charge in [0, 0.05) is 17.6 Å². The topological polar surface area (TPSA) is 62.5 Å². The second-order valence-electron chi connectivity index (χ2n) is 6.16. The molecule has 1 aromatic rings. The van der Waals surface area contributed by atoms with Crippen LogP contribution >= 0.6 is 11.3 Å². The molecule has 0 spiro atoms. The maximum atomic E-state index is 12.3. The van der Waals surface area contributed by atoms with Crippen LogP contribution in [0, 0.1) is 19.3 Å². The minimum absolute atomic E-state index is 0.0259. The fourth-order valence-electron chi connectivity index (χ4n) is 2.17. The van der Waals surface area contributed by atoms with Crippen molar-refractivity contribution in [2.45, 2.75) is 47.2 Å². The standard InChI is InChI=1S/C14H24N2O3S/c1-9-10(2)20-13(19)16(9)7-12(18)15(6)11(8-17)14(3,4)5/h11,17H,7-8H2,1-6H3/t11-/m0/s1. The molecule has 0 aromatic carbocycles. The van der Waals surface area contributed by atoms with Gasteiger partial charge in [-0.05, 0) is 19.3 Å². The van der Waals surface area contributed by atoms with Gasteiger partial charge < -0.3 is 10.0 Å². The van der Waals surface area contributed by atoms with Crippen molar-refractivity contribution in [2.24, 2.45) is 5.41 Å². The molecule has 0 radical (unpaired) electrons. The van der Waals surface area contributed by atoms with E-state index in [0.29, 0.717) is 0 Å². The van der Waals surface area contributed by atoms with Gasteiger partial charge in [0.15, 0.2) is 0 Å². The number of hydrogen-bond acceptors (Lipinski definition) is 4. The van der Waals surface area contributed by atoms with Crippen LogP contribution in [0.25, 0.3) is 0 Å². The summed E-state index contributed by atoms with van der Waals surface area (Å²) in [4.78, 5) is 26.5. The molecule has 0 bridgehead atoms. The van der Waals surface area contributed by atoms with E-state index in [0.717, 1.165) is 21.9 Å². The second kappa shape index (κ2) is 6.10. The van der Waals surface area contributed by atoms with Gasteiger partial charge in [-0.2, -0.15) is 0 Å². The minimum Gasteiger partial charge on any atom is -0.394 e. The lowest BCUT2D eigenvalue weighted by Crippen LogP contribution is -2.48. The van der Waals surface area contributed by atoms with Gasteiger partial charge in [-0.25, -0.2) is 0 Å². The molecule has 6 heteroatoms. The van der Waals surface area contributed by atoms with E-state index in [1.54, 1.807) is 11.9 Å². The Hall–Kier alpha value is -1.14. The van der Waals surface area contributed by atoms with E-state index in [2.05, 4.69) is 0 Å². The van der Waals surface area contributed by atoms with Gasteiger partial charge in [0.2, 0.25) is 5.91 Å². The number of aliphatic hydroxyl groups is 1. The zero-order valence-electron chi connectivity index (χ0n) is 13.1. The Balaban J connectivity index is 2.93. The van der Waals surface area contributed by atoms with Gasteiger partial charge in [0.05, 0.1) is 12.6 Å². The van der Waals surface area contributed by atoms with E-state index in [-0.39, 0.29) is 35.4 Å². The lowest BCUT2D eigenvalue weighted by molar-refractivity contribution is -0.136. The van der Waals surface area contributed by atoms with E-state index in [1.807, 2.05) is 34.6 Å². The number of likely N-dealkylation sites (N-methyl/N-ethyl adjacent to an activating group) is 1. The molecule has 5 nitrogen and oxygen atoms in total. The molecule has 1 heterocycles. The van der Waals surface area contributed by atoms with Crippen molar-refractivity contribution < 1.29 is 9.90 Å². The Morgan fingerprint density at radius 3 is 2.30 bits per heavy atom. The quantitative estimate of drug-likeness (QED) is 0.914. The predicted octanol–water partition coefficient (Wildman–Crippen LogP) is 1.39. The summed E-state index contributed by atoms with van der Waals surface area (Å²) in [6.45, 7) is 9.57. The Morgan fingerprint density at radius 1 is 1.40 bits per heavy atom. The van der Waals surface area contributed by atoms with Crippen LogP contribution < -0.4 is 4.87 Å². The third-order valence-electron chi connectivity index (χ3n) is 3.70. The smallest absolute Gasteiger partial charge is 0.308 e. The van der Waals surface area contributed by atoms with Crippen molar-refractivity contribution in [3.05, 3.63) is 20.2 Å². The Morgan fingerprint density at radius 2 is 1.95 bits per heavy atom. The zero-order chi connectivity index (χ0) is 15.7. The highest BCUT2D eigenvalue weighted by molar-refractivity contribution is 7.09. The molecule has 0 unspecified atom stereocenters. The third kappa shape index (κ3) is 3.49. The van der Waals surface area contributed by atoms with Gasteiger partial charge in [-0.1, -0.05) is 32.1 Å². The number of aromatic nitrogens is 1. The highest BCUT2D eigenvalue weighted by Gasteiger charge is 2.30. The monoisotopic (exact) mass is 300 g/mol. The Labute approximate surface area is 123 Å². The van der Waals surface area contributed by atoms with E-state index in [4.69, 9.17) is 0 Å². The van der Waals surface area contributed by atoms with Crippen molar-refractivity contribution >= 4 is 17.2 Å². The first-order valence-corrected chi connectivity index (χ1v) is 7.44. The first kappa shape index (κ1) is 16.9. The maximum Gasteiger partial charge on any atom is 0.308 e. The maximum absolute atomic E-state index is 12.3. The molecule has 0 aliphatic rings. The van der Waals surface area contributed by atoms with Crippen molar-refractivity contribution in [2.75, 3.05) is 13.7 Å². The first-order valence-electron chi connectivity index (χ1n) is 6.63. The number of aliphatic hydroxyl groups excluding tert-OH is 1. The van der Waals surface area contributed by atoms with Gasteiger partial charge in [0.25, 0.3) is 0 Å². The molecule has 0 fully saturated rings. The highest BCUT2D eigenvalue weighted by Crippen LogP contribution is 2.23. The molecule has 1 amide bonds. The van der Waals surface area contributed by atoms with Crippen molar-refractivity contribution in [1.82, 2.24) is 9.47 Å². The van der Waals surface area contributed by atoms with Gasteiger partial charge in [-0.15, -0.1) is 0 Å². The number of thiazole rings is 1. The molecule has 1 rings (SSSR count). The molecule has 114 valence electrons. The van der Waals surface area contributed by atoms with Gasteiger partial charge >= 0.3 is 4.87 Å². The van der Waals surface area contributed by atoms with E-state index in [9.17, 15) is 14.7 Å². The molecule has 0 aliphatic carbocycles. The predicted molar refractivity (Wildman–Crippen MR) is 81.2 cm³/mol. The van der Waals surface area contributed by atoms with Crippen molar-refractivity contribution in [3.63, 3.8) is 0 Å². The number of rotatable bonds is 4. The summed E-state index contributed by atoms with van der Waals surface area (Å²) < 4.78 is 1.50. The van der Waals surface area contributed by atoms with Crippen LogP contribution in [-0.2, 0) is 11.3 Å². The zero-order valence-corrected chi connectivity index (χ0v) is 13.9. The van der Waals surface area contributed by atoms with Gasteiger partial charge in [0.1, 0.15) is 6.54 Å². The average molecular weight is 300 g/mol. The number of carbonyl (C=O) groups is 1. The molecule has 0 aliphatic heterocycles. The molecule has 0 saturated carbocycles. The SMILES string of the molecule is Cc1sc(=O)n(CC(=O)N(C)[C@@H](CO)C(C)(C)C)c1C. The molecule has 1 atom stereocenters. The fraction of sp³-hybridized carbons (Fsp3) is 0.714. The summed E-state index contributed by atoms with van der Waals surface area (Å²) in [5.41, 5.74) is 0.613. The summed E-state index contributed by atoms with van der Waals surface area (Å²) in [6, 6.07) is -0.272. The highest BCUT2D eigenvalue weighted by atomic mass is 32.1. The number of aryl methyl sites for hydroxylation is 1. The number of carbonyl (C=O) groups excluding carboxylic acids is 1. The van der Waals surface area contributed by atoms with E-state index >= 15 is 0 Å². The third-order valence-corrected chi connectivity index (χ3v) is 4.70. The molecule has 0 saturated heterocycles. The van der Waals surface area contributed by atoms with Crippen LogP contribution in [0.1, 0.15) is 31.3 Å². The first-order chi connectivity index (χ1) is 9.09. The molecular formula is C14H24N2O3S. The molecular weight excluding hydrogens is 276 g/mol. The van der Waals surface area contributed by atoms with Crippen LogP contribution in [0.15, 0.2) is 4.79 Å². The molecule has 1 aromatic heterocycles. The normalized spacial score (nSPS) is 13.3. The average Bonchev–Trinajstić information content (AvgIpc) is 2.54. The van der Waals surface area contributed by atoms with Crippen molar-refractivity contribution in [3.8, 4) is 0 Å². The number of nitrogens with zero attached hydrogens (tertiary/aromatic N) is 2. The summed E-state index contributed by atoms with van der Waals surface area (Å²) in [5.74, 6) is -0.165. The molecule has 20 heavy (non-hydrogen) atoms. The van der Waals surface area contributed by atoms with Crippen LogP contribution in [-0.4, -0.2) is 40.2 Å². The Bertz CT molecular complexity index is 540.